The average Bonchev–Trinajstić information content (AvgIpc) is 3.16. The molecule has 0 heterocycles. The SMILES string of the molecule is Cc1ccc([S+](c2ccc(C)cc2)c2cccc(C(F)(F)F)c2)cc1.Fc1ccc([B-](c2ccc(F)cc2)(c2ccc(F)cc2)c2ccc(F)cc2)cc1. The van der Waals surface area contributed by atoms with Crippen LogP contribution in [0.1, 0.15) is 16.7 Å². The topological polar surface area (TPSA) is 0 Å². The van der Waals surface area contributed by atoms with Crippen molar-refractivity contribution in [1.82, 2.24) is 0 Å². The third-order valence-corrected chi connectivity index (χ3v) is 11.6. The van der Waals surface area contributed by atoms with Crippen LogP contribution in [0.4, 0.5) is 30.7 Å². The Kier molecular flexibility index (Phi) is 11.5. The predicted molar refractivity (Wildman–Crippen MR) is 206 cm³/mol. The van der Waals surface area contributed by atoms with Crippen LogP contribution in [0.25, 0.3) is 0 Å². The van der Waals surface area contributed by atoms with E-state index in [-0.39, 0.29) is 0 Å². The summed E-state index contributed by atoms with van der Waals surface area (Å²) in [6.07, 6.45) is -6.28. The first kappa shape index (κ1) is 38.2. The van der Waals surface area contributed by atoms with Gasteiger partial charge in [0.25, 0.3) is 0 Å². The number of hydrogen-bond acceptors (Lipinski definition) is 0. The second kappa shape index (κ2) is 16.2. The van der Waals surface area contributed by atoms with Crippen molar-refractivity contribution in [3.63, 3.8) is 0 Å². The minimum absolute atomic E-state index is 0.393. The molecule has 0 bridgehead atoms. The van der Waals surface area contributed by atoms with E-state index in [1.54, 1.807) is 54.6 Å². The highest BCUT2D eigenvalue weighted by Gasteiger charge is 2.35. The van der Waals surface area contributed by atoms with Crippen molar-refractivity contribution in [2.75, 3.05) is 0 Å². The Morgan fingerprint density at radius 3 is 1.00 bits per heavy atom. The predicted octanol–water partition coefficient (Wildman–Crippen LogP) is 10.0. The van der Waals surface area contributed by atoms with Crippen molar-refractivity contribution in [3.05, 3.63) is 210 Å². The lowest BCUT2D eigenvalue weighted by Crippen LogP contribution is -2.74. The van der Waals surface area contributed by atoms with Crippen molar-refractivity contribution in [1.29, 1.82) is 0 Å². The van der Waals surface area contributed by atoms with E-state index in [0.717, 1.165) is 48.8 Å². The molecule has 54 heavy (non-hydrogen) atoms. The molecule has 272 valence electrons. The Labute approximate surface area is 313 Å². The first-order valence-electron chi connectivity index (χ1n) is 17.1. The van der Waals surface area contributed by atoms with Gasteiger partial charge in [0.05, 0.1) is 16.5 Å². The van der Waals surface area contributed by atoms with Crippen LogP contribution in [-0.4, -0.2) is 6.15 Å². The Balaban J connectivity index is 0.000000186. The molecule has 0 N–H and O–H groups in total. The Morgan fingerprint density at radius 1 is 0.389 bits per heavy atom. The molecule has 0 amide bonds. The van der Waals surface area contributed by atoms with Crippen molar-refractivity contribution >= 4 is 38.9 Å². The van der Waals surface area contributed by atoms with E-state index >= 15 is 0 Å². The zero-order valence-corrected chi connectivity index (χ0v) is 30.1. The van der Waals surface area contributed by atoms with Gasteiger partial charge in [-0.15, -0.1) is 0 Å². The van der Waals surface area contributed by atoms with Crippen LogP contribution in [0.2, 0.25) is 0 Å². The van der Waals surface area contributed by atoms with E-state index in [4.69, 9.17) is 0 Å². The lowest BCUT2D eigenvalue weighted by atomic mass is 9.13. The highest BCUT2D eigenvalue weighted by molar-refractivity contribution is 7.97. The molecule has 0 nitrogen and oxygen atoms in total. The molecular formula is C45H34BF7S. The van der Waals surface area contributed by atoms with Gasteiger partial charge in [-0.25, -0.2) is 17.6 Å². The first-order valence-corrected chi connectivity index (χ1v) is 18.3. The second-order valence-electron chi connectivity index (χ2n) is 13.0. The summed E-state index contributed by atoms with van der Waals surface area (Å²) < 4.78 is 94.2. The van der Waals surface area contributed by atoms with Crippen LogP contribution in [-0.2, 0) is 17.1 Å². The fourth-order valence-electron chi connectivity index (χ4n) is 6.72. The Hall–Kier alpha value is -5.54. The van der Waals surface area contributed by atoms with Crippen LogP contribution < -0.4 is 21.9 Å². The number of halogens is 7. The minimum Gasteiger partial charge on any atom is -0.207 e. The van der Waals surface area contributed by atoms with Crippen molar-refractivity contribution in [2.24, 2.45) is 0 Å². The molecule has 0 aliphatic carbocycles. The molecule has 7 aromatic rings. The number of rotatable bonds is 7. The maximum absolute atomic E-state index is 13.7. The molecule has 7 aromatic carbocycles. The van der Waals surface area contributed by atoms with Crippen molar-refractivity contribution < 1.29 is 30.7 Å². The molecule has 0 saturated heterocycles. The highest BCUT2D eigenvalue weighted by Crippen LogP contribution is 2.36. The van der Waals surface area contributed by atoms with Gasteiger partial charge in [0.2, 0.25) is 0 Å². The lowest BCUT2D eigenvalue weighted by Gasteiger charge is -2.44. The molecular weight excluding hydrogens is 716 g/mol. The molecule has 0 fully saturated rings. The summed E-state index contributed by atoms with van der Waals surface area (Å²) in [7, 11) is -0.576. The van der Waals surface area contributed by atoms with E-state index in [0.29, 0.717) is 4.90 Å². The summed E-state index contributed by atoms with van der Waals surface area (Å²) in [6, 6.07) is 45.7. The number of benzene rings is 7. The normalized spacial score (nSPS) is 11.6. The fourth-order valence-corrected chi connectivity index (χ4v) is 8.81. The van der Waals surface area contributed by atoms with Gasteiger partial charge >= 0.3 is 6.18 Å². The van der Waals surface area contributed by atoms with E-state index < -0.39 is 52.0 Å². The molecule has 9 heteroatoms. The van der Waals surface area contributed by atoms with Gasteiger partial charge in [0.15, 0.2) is 14.7 Å². The van der Waals surface area contributed by atoms with Crippen LogP contribution in [0, 0.1) is 37.1 Å². The maximum atomic E-state index is 13.7. The molecule has 0 aromatic heterocycles. The van der Waals surface area contributed by atoms with Gasteiger partial charge in [-0.2, -0.15) is 35.0 Å². The van der Waals surface area contributed by atoms with E-state index in [2.05, 4.69) is 0 Å². The van der Waals surface area contributed by atoms with E-state index in [9.17, 15) is 30.7 Å². The van der Waals surface area contributed by atoms with Gasteiger partial charge in [-0.05, 0) is 98.8 Å². The number of hydrogen-bond donors (Lipinski definition) is 0. The molecule has 0 radical (unpaired) electrons. The lowest BCUT2D eigenvalue weighted by molar-refractivity contribution is -0.137. The van der Waals surface area contributed by atoms with Crippen molar-refractivity contribution in [3.8, 4) is 0 Å². The van der Waals surface area contributed by atoms with Gasteiger partial charge in [0, 0.05) is 6.07 Å². The molecule has 0 aliphatic heterocycles. The smallest absolute Gasteiger partial charge is 0.207 e. The van der Waals surface area contributed by atoms with Gasteiger partial charge in [-0.1, -0.05) is 90.0 Å². The van der Waals surface area contributed by atoms with Crippen LogP contribution in [0.15, 0.2) is 185 Å². The monoisotopic (exact) mass is 750 g/mol. The quantitative estimate of drug-likeness (QED) is 0.0865. The first-order chi connectivity index (χ1) is 25.8. The third-order valence-electron chi connectivity index (χ3n) is 9.39. The fraction of sp³-hybridized carbons (Fsp3) is 0.0667. The Bertz CT molecular complexity index is 2050. The molecule has 7 rings (SSSR count). The summed E-state index contributed by atoms with van der Waals surface area (Å²) in [5.74, 6) is -1.57. The van der Waals surface area contributed by atoms with E-state index in [1.807, 2.05) is 62.4 Å². The molecule has 0 unspecified atom stereocenters. The minimum atomic E-state index is -4.34. The standard InChI is InChI=1S/C24H16BF4.C21H18F3S/c26-21-9-1-17(2-10-21)25(18-3-11-22(27)12-4-18,19-5-13-23(28)14-6-19)20-7-15-24(29)16-8-20;1-15-6-10-18(11-7-15)25(19-12-8-16(2)9-13-19)20-5-3-4-17(14-20)21(22,23)24/h1-16H;3-14H,1-2H3/q-1;+1. The van der Waals surface area contributed by atoms with Gasteiger partial charge in [-0.3, -0.25) is 0 Å². The zero-order valence-electron chi connectivity index (χ0n) is 29.3. The van der Waals surface area contributed by atoms with Crippen LogP contribution in [0.3, 0.4) is 0 Å². The van der Waals surface area contributed by atoms with Gasteiger partial charge in [0.1, 0.15) is 29.4 Å². The summed E-state index contributed by atoms with van der Waals surface area (Å²) in [5, 5.41) is 0. The summed E-state index contributed by atoms with van der Waals surface area (Å²) in [6.45, 7) is 4.00. The van der Waals surface area contributed by atoms with E-state index in [1.165, 1.54) is 60.7 Å². The average molecular weight is 751 g/mol. The van der Waals surface area contributed by atoms with Crippen LogP contribution >= 0.6 is 0 Å². The maximum Gasteiger partial charge on any atom is 0.416 e. The summed E-state index contributed by atoms with van der Waals surface area (Å²) >= 11 is 0. The second-order valence-corrected chi connectivity index (χ2v) is 15.1. The Morgan fingerprint density at radius 2 is 0.704 bits per heavy atom. The van der Waals surface area contributed by atoms with Crippen LogP contribution in [0.5, 0.6) is 0 Å². The number of aryl methyl sites for hydroxylation is 2. The largest absolute Gasteiger partial charge is 0.416 e. The third kappa shape index (κ3) is 8.47. The number of alkyl halides is 3. The summed E-state index contributed by atoms with van der Waals surface area (Å²) in [5.41, 5.74) is 4.63. The van der Waals surface area contributed by atoms with Crippen molar-refractivity contribution in [2.45, 2.75) is 34.7 Å². The highest BCUT2D eigenvalue weighted by atomic mass is 32.2. The molecule has 0 saturated carbocycles. The summed E-state index contributed by atoms with van der Waals surface area (Å²) in [4.78, 5) is 2.69. The molecule has 0 spiro atoms. The molecule has 0 atom stereocenters. The zero-order chi connectivity index (χ0) is 38.5. The molecule has 0 aliphatic rings. The van der Waals surface area contributed by atoms with Gasteiger partial charge < -0.3 is 0 Å².